The molecule has 35 heavy (non-hydrogen) atoms. The maximum Gasteiger partial charge on any atom is 0.409 e. The number of rotatable bonds is 8. The van der Waals surface area contributed by atoms with Crippen LogP contribution in [-0.4, -0.2) is 52.6 Å². The number of nitrogens with one attached hydrogen (secondary N) is 2. The third kappa shape index (κ3) is 5.84. The highest BCUT2D eigenvalue weighted by Crippen LogP contribution is 2.30. The van der Waals surface area contributed by atoms with Gasteiger partial charge in [0.25, 0.3) is 5.91 Å². The van der Waals surface area contributed by atoms with Gasteiger partial charge in [0.05, 0.1) is 12.6 Å². The van der Waals surface area contributed by atoms with E-state index < -0.39 is 12.0 Å². The summed E-state index contributed by atoms with van der Waals surface area (Å²) >= 11 is 0. The Balaban J connectivity index is 1.41. The van der Waals surface area contributed by atoms with Crippen LogP contribution in [0.3, 0.4) is 0 Å². The first-order valence-corrected chi connectivity index (χ1v) is 11.3. The molecule has 2 atom stereocenters. The van der Waals surface area contributed by atoms with Crippen LogP contribution in [0.5, 0.6) is 0 Å². The maximum absolute atomic E-state index is 13.2. The molecule has 0 saturated carbocycles. The molecule has 1 fully saturated rings. The van der Waals surface area contributed by atoms with E-state index in [1.165, 1.54) is 30.5 Å². The highest BCUT2D eigenvalue weighted by atomic mass is 19.1. The van der Waals surface area contributed by atoms with Crippen LogP contribution in [0, 0.1) is 17.1 Å². The second-order valence-electron chi connectivity index (χ2n) is 8.35. The number of likely N-dealkylation sites (tertiary alicyclic amines) is 1. The minimum atomic E-state index is -0.660. The van der Waals surface area contributed by atoms with Crippen molar-refractivity contribution in [1.82, 2.24) is 14.7 Å². The highest BCUT2D eigenvalue weighted by molar-refractivity contribution is 5.98. The Morgan fingerprint density at radius 1 is 1.20 bits per heavy atom. The molecule has 1 aliphatic heterocycles. The third-order valence-corrected chi connectivity index (χ3v) is 6.00. The average Bonchev–Trinajstić information content (AvgIpc) is 3.29. The Hall–Kier alpha value is -4.21. The van der Waals surface area contributed by atoms with Crippen molar-refractivity contribution in [2.75, 3.05) is 25.0 Å². The molecule has 2 heterocycles. The number of carbonyl (C=O) groups excluding carboxylic acids is 2. The van der Waals surface area contributed by atoms with Gasteiger partial charge in [0.1, 0.15) is 11.4 Å². The van der Waals surface area contributed by atoms with Crippen LogP contribution in [0.25, 0.3) is 0 Å². The molecule has 0 aliphatic carbocycles. The van der Waals surface area contributed by atoms with Gasteiger partial charge in [0.15, 0.2) is 5.82 Å². The van der Waals surface area contributed by atoms with Gasteiger partial charge in [-0.25, -0.2) is 9.18 Å². The molecule has 1 saturated heterocycles. The lowest BCUT2D eigenvalue weighted by molar-refractivity contribution is 0.0809. The van der Waals surface area contributed by atoms with Gasteiger partial charge in [0, 0.05) is 43.5 Å². The zero-order chi connectivity index (χ0) is 24.8. The number of benzene rings is 2. The molecular weight excluding hydrogens is 451 g/mol. The monoisotopic (exact) mass is 478 g/mol. The lowest BCUT2D eigenvalue weighted by Crippen LogP contribution is -2.45. The molecular formula is C25H27FN6O3. The van der Waals surface area contributed by atoms with Crippen molar-refractivity contribution in [1.29, 1.82) is 5.41 Å². The van der Waals surface area contributed by atoms with E-state index in [1.807, 2.05) is 30.3 Å². The van der Waals surface area contributed by atoms with Gasteiger partial charge in [-0.05, 0) is 36.2 Å². The second-order valence-corrected chi connectivity index (χ2v) is 8.35. The van der Waals surface area contributed by atoms with Crippen LogP contribution in [0.4, 0.5) is 20.7 Å². The van der Waals surface area contributed by atoms with Crippen molar-refractivity contribution < 1.29 is 18.7 Å². The van der Waals surface area contributed by atoms with E-state index in [-0.39, 0.29) is 35.8 Å². The number of primary amides is 1. The lowest BCUT2D eigenvalue weighted by Gasteiger charge is -2.36. The number of nitrogens with zero attached hydrogens (tertiary/aromatic N) is 3. The second kappa shape index (κ2) is 10.8. The van der Waals surface area contributed by atoms with Gasteiger partial charge in [-0.2, -0.15) is 5.10 Å². The summed E-state index contributed by atoms with van der Waals surface area (Å²) < 4.78 is 20.3. The number of carbonyl (C=O) groups is 2. The molecule has 3 aromatic rings. The zero-order valence-corrected chi connectivity index (χ0v) is 19.1. The van der Waals surface area contributed by atoms with Crippen molar-refractivity contribution >= 4 is 29.7 Å². The molecule has 182 valence electrons. The molecule has 9 nitrogen and oxygen atoms in total. The maximum atomic E-state index is 13.2. The minimum Gasteiger partial charge on any atom is -0.449 e. The zero-order valence-electron chi connectivity index (χ0n) is 19.1. The third-order valence-electron chi connectivity index (χ3n) is 6.00. The van der Waals surface area contributed by atoms with Gasteiger partial charge < -0.3 is 26.1 Å². The standard InChI is InChI=1S/C25H27FN6O3/c26-19-6-8-20(9-7-19)29-24-21(23(28)33)16-32(30-24)22-10-12-31(15-18(22)14-27)25(34)35-13-11-17-4-2-1-3-5-17/h1-9,14,16,18,22,27H,10-13,15H2,(H2,28,33)(H,29,30)/t18-,22+/m1/s1. The molecule has 0 unspecified atom stereocenters. The summed E-state index contributed by atoms with van der Waals surface area (Å²) in [6, 6.07) is 15.2. The molecule has 1 aromatic heterocycles. The first-order chi connectivity index (χ1) is 16.9. The number of halogens is 1. The number of hydrogen-bond acceptors (Lipinski definition) is 6. The molecule has 4 rings (SSSR count). The van der Waals surface area contributed by atoms with Crippen LogP contribution >= 0.6 is 0 Å². The van der Waals surface area contributed by atoms with Gasteiger partial charge in [-0.15, -0.1) is 0 Å². The molecule has 0 bridgehead atoms. The first kappa shape index (κ1) is 23.9. The van der Waals surface area contributed by atoms with E-state index in [0.717, 1.165) is 5.56 Å². The molecule has 10 heteroatoms. The number of piperidine rings is 1. The fraction of sp³-hybridized carbons (Fsp3) is 0.280. The lowest BCUT2D eigenvalue weighted by atomic mass is 9.93. The van der Waals surface area contributed by atoms with E-state index in [0.29, 0.717) is 31.6 Å². The summed E-state index contributed by atoms with van der Waals surface area (Å²) in [6.07, 6.45) is 3.56. The fourth-order valence-corrected chi connectivity index (χ4v) is 4.12. The Labute approximate surface area is 202 Å². The van der Waals surface area contributed by atoms with E-state index in [4.69, 9.17) is 15.9 Å². The molecule has 0 radical (unpaired) electrons. The minimum absolute atomic E-state index is 0.181. The van der Waals surface area contributed by atoms with Crippen molar-refractivity contribution in [3.05, 3.63) is 77.7 Å². The van der Waals surface area contributed by atoms with E-state index >= 15 is 0 Å². The molecule has 2 aromatic carbocycles. The normalized spacial score (nSPS) is 17.6. The Kier molecular flexibility index (Phi) is 7.39. The Morgan fingerprint density at radius 3 is 2.63 bits per heavy atom. The van der Waals surface area contributed by atoms with Gasteiger partial charge in [-0.1, -0.05) is 30.3 Å². The molecule has 2 amide bonds. The van der Waals surface area contributed by atoms with Crippen LogP contribution in [0.2, 0.25) is 0 Å². The fourth-order valence-electron chi connectivity index (χ4n) is 4.12. The van der Waals surface area contributed by atoms with Crippen molar-refractivity contribution in [2.45, 2.75) is 18.9 Å². The van der Waals surface area contributed by atoms with E-state index in [2.05, 4.69) is 10.4 Å². The predicted molar refractivity (Wildman–Crippen MR) is 129 cm³/mol. The summed E-state index contributed by atoms with van der Waals surface area (Å²) in [6.45, 7) is 0.994. The highest BCUT2D eigenvalue weighted by Gasteiger charge is 2.33. The Morgan fingerprint density at radius 2 is 1.94 bits per heavy atom. The number of amides is 2. The van der Waals surface area contributed by atoms with Crippen LogP contribution < -0.4 is 11.1 Å². The summed E-state index contributed by atoms with van der Waals surface area (Å²) in [5.74, 6) is -1.12. The first-order valence-electron chi connectivity index (χ1n) is 11.3. The van der Waals surface area contributed by atoms with Crippen LogP contribution in [0.1, 0.15) is 28.4 Å². The number of hydrogen-bond donors (Lipinski definition) is 3. The van der Waals surface area contributed by atoms with Crippen LogP contribution in [0.15, 0.2) is 60.8 Å². The smallest absolute Gasteiger partial charge is 0.409 e. The van der Waals surface area contributed by atoms with Crippen LogP contribution in [-0.2, 0) is 11.2 Å². The topological polar surface area (TPSA) is 126 Å². The van der Waals surface area contributed by atoms with Crippen molar-refractivity contribution in [3.63, 3.8) is 0 Å². The number of anilines is 2. The number of nitrogens with two attached hydrogens (primary N) is 1. The summed E-state index contributed by atoms with van der Waals surface area (Å²) in [7, 11) is 0. The van der Waals surface area contributed by atoms with Crippen molar-refractivity contribution in [3.8, 4) is 0 Å². The summed E-state index contributed by atoms with van der Waals surface area (Å²) in [5.41, 5.74) is 7.37. The average molecular weight is 479 g/mol. The van der Waals surface area contributed by atoms with Gasteiger partial charge >= 0.3 is 6.09 Å². The number of aromatic nitrogens is 2. The largest absolute Gasteiger partial charge is 0.449 e. The molecule has 4 N–H and O–H groups in total. The molecule has 1 aliphatic rings. The summed E-state index contributed by atoms with van der Waals surface area (Å²) in [5, 5.41) is 15.4. The number of ether oxygens (including phenoxy) is 1. The molecule has 0 spiro atoms. The quantitative estimate of drug-likeness (QED) is 0.425. The summed E-state index contributed by atoms with van der Waals surface area (Å²) in [4.78, 5) is 26.2. The SMILES string of the molecule is N=C[C@@H]1CN(C(=O)OCCc2ccccc2)CC[C@@H]1n1cc(C(N)=O)c(Nc2ccc(F)cc2)n1. The van der Waals surface area contributed by atoms with E-state index in [9.17, 15) is 14.0 Å². The Bertz CT molecular complexity index is 1180. The van der Waals surface area contributed by atoms with Crippen molar-refractivity contribution in [2.24, 2.45) is 11.7 Å². The van der Waals surface area contributed by atoms with Gasteiger partial charge in [-0.3, -0.25) is 9.48 Å². The predicted octanol–water partition coefficient (Wildman–Crippen LogP) is 3.76. The van der Waals surface area contributed by atoms with E-state index in [1.54, 1.807) is 15.8 Å². The van der Waals surface area contributed by atoms with Gasteiger partial charge in [0.2, 0.25) is 0 Å².